The molecule has 1 aromatic carbocycles. The summed E-state index contributed by atoms with van der Waals surface area (Å²) in [6, 6.07) is 3.00. The molecule has 0 aliphatic rings. The molecule has 0 aliphatic heterocycles. The topological polar surface area (TPSA) is 37.3 Å². The van der Waals surface area contributed by atoms with E-state index in [-0.39, 0.29) is 12.4 Å². The predicted octanol–water partition coefficient (Wildman–Crippen LogP) is 2.69. The van der Waals surface area contributed by atoms with Crippen molar-refractivity contribution in [2.24, 2.45) is 0 Å². The molecule has 0 aromatic heterocycles. The Balaban J connectivity index is 3.28. The predicted molar refractivity (Wildman–Crippen MR) is 52.4 cm³/mol. The Morgan fingerprint density at radius 2 is 1.85 bits per heavy atom. The molecule has 0 amide bonds. The molecule has 13 heavy (non-hydrogen) atoms. The minimum Gasteiger partial charge on any atom is -0.392 e. The highest BCUT2D eigenvalue weighted by atomic mass is 35.5. The van der Waals surface area contributed by atoms with E-state index in [1.807, 2.05) is 0 Å². The summed E-state index contributed by atoms with van der Waals surface area (Å²) in [6.45, 7) is 1.20. The van der Waals surface area contributed by atoms with E-state index in [2.05, 4.69) is 0 Å². The molecule has 0 saturated heterocycles. The number of Topliss-reactive ketones (excluding diaryl/α,β-unsaturated/α-hetero) is 1. The van der Waals surface area contributed by atoms with E-state index < -0.39 is 0 Å². The lowest BCUT2D eigenvalue weighted by atomic mass is 10.1. The normalized spacial score (nSPS) is 10.2. The van der Waals surface area contributed by atoms with Gasteiger partial charge in [0.25, 0.3) is 0 Å². The van der Waals surface area contributed by atoms with Gasteiger partial charge in [0.2, 0.25) is 0 Å². The van der Waals surface area contributed by atoms with Gasteiger partial charge >= 0.3 is 0 Å². The molecule has 1 aromatic rings. The Morgan fingerprint density at radius 3 is 2.15 bits per heavy atom. The van der Waals surface area contributed by atoms with Crippen LogP contribution in [0.2, 0.25) is 10.0 Å². The van der Waals surface area contributed by atoms with Crippen molar-refractivity contribution >= 4 is 29.0 Å². The maximum Gasteiger partial charge on any atom is 0.159 e. The summed E-state index contributed by atoms with van der Waals surface area (Å²) < 4.78 is 0. The smallest absolute Gasteiger partial charge is 0.159 e. The quantitative estimate of drug-likeness (QED) is 0.776. The summed E-state index contributed by atoms with van der Waals surface area (Å²) in [7, 11) is 0. The van der Waals surface area contributed by atoms with Crippen molar-refractivity contribution in [3.8, 4) is 0 Å². The third kappa shape index (κ3) is 2.21. The highest BCUT2D eigenvalue weighted by Crippen LogP contribution is 2.26. The summed E-state index contributed by atoms with van der Waals surface area (Å²) in [4.78, 5) is 11.0. The molecule has 0 heterocycles. The molecule has 0 aliphatic carbocycles. The fourth-order valence-electron chi connectivity index (χ4n) is 0.957. The summed E-state index contributed by atoms with van der Waals surface area (Å²) in [5.41, 5.74) is 0.903. The monoisotopic (exact) mass is 218 g/mol. The lowest BCUT2D eigenvalue weighted by Gasteiger charge is -2.05. The second-order valence-corrected chi connectivity index (χ2v) is 3.45. The number of carbonyl (C=O) groups excluding carboxylic acids is 1. The minimum atomic E-state index is -0.226. The minimum absolute atomic E-state index is 0.103. The van der Waals surface area contributed by atoms with Gasteiger partial charge < -0.3 is 5.11 Å². The fraction of sp³-hybridized carbons (Fsp3) is 0.222. The number of hydrogen-bond acceptors (Lipinski definition) is 2. The average molecular weight is 219 g/mol. The number of hydrogen-bond donors (Lipinski definition) is 1. The molecule has 0 spiro atoms. The van der Waals surface area contributed by atoms with Crippen molar-refractivity contribution in [1.29, 1.82) is 0 Å². The number of aliphatic hydroxyl groups excluding tert-OH is 1. The molecular formula is C9H8Cl2O2. The van der Waals surface area contributed by atoms with Crippen molar-refractivity contribution < 1.29 is 9.90 Å². The van der Waals surface area contributed by atoms with Crippen LogP contribution in [0.25, 0.3) is 0 Å². The fourth-order valence-corrected chi connectivity index (χ4v) is 1.56. The maximum absolute atomic E-state index is 11.0. The molecule has 70 valence electrons. The summed E-state index contributed by atoms with van der Waals surface area (Å²) in [5.74, 6) is -0.103. The van der Waals surface area contributed by atoms with Crippen LogP contribution in [0.15, 0.2) is 12.1 Å². The lowest BCUT2D eigenvalue weighted by Crippen LogP contribution is -1.95. The first kappa shape index (κ1) is 10.5. The van der Waals surface area contributed by atoms with E-state index in [1.165, 1.54) is 19.1 Å². The van der Waals surface area contributed by atoms with Crippen LogP contribution in [0.1, 0.15) is 22.8 Å². The average Bonchev–Trinajstić information content (AvgIpc) is 2.03. The Kier molecular flexibility index (Phi) is 3.31. The van der Waals surface area contributed by atoms with Crippen LogP contribution >= 0.6 is 23.2 Å². The highest BCUT2D eigenvalue weighted by molar-refractivity contribution is 6.36. The van der Waals surface area contributed by atoms with Crippen molar-refractivity contribution in [2.75, 3.05) is 0 Å². The molecule has 1 N–H and O–H groups in total. The largest absolute Gasteiger partial charge is 0.392 e. The summed E-state index contributed by atoms with van der Waals surface area (Å²) in [5, 5.41) is 9.51. The van der Waals surface area contributed by atoms with Crippen LogP contribution in [0, 0.1) is 0 Å². The second-order valence-electron chi connectivity index (χ2n) is 2.63. The first-order valence-electron chi connectivity index (χ1n) is 3.66. The summed E-state index contributed by atoms with van der Waals surface area (Å²) in [6.07, 6.45) is 0. The van der Waals surface area contributed by atoms with Crippen LogP contribution in [0.3, 0.4) is 0 Å². The Bertz CT molecular complexity index is 324. The SMILES string of the molecule is CC(=O)c1cc(Cl)c(CO)c(Cl)c1. The Hall–Kier alpha value is -0.570. The van der Waals surface area contributed by atoms with Gasteiger partial charge in [0.05, 0.1) is 6.61 Å². The zero-order chi connectivity index (χ0) is 10.0. The van der Waals surface area contributed by atoms with Gasteiger partial charge in [-0.3, -0.25) is 4.79 Å². The van der Waals surface area contributed by atoms with Gasteiger partial charge in [-0.2, -0.15) is 0 Å². The van der Waals surface area contributed by atoms with Crippen LogP contribution < -0.4 is 0 Å². The van der Waals surface area contributed by atoms with E-state index in [0.29, 0.717) is 21.2 Å². The number of carbonyl (C=O) groups is 1. The number of benzene rings is 1. The van der Waals surface area contributed by atoms with Crippen LogP contribution in [0.4, 0.5) is 0 Å². The summed E-state index contributed by atoms with van der Waals surface area (Å²) >= 11 is 11.6. The zero-order valence-corrected chi connectivity index (χ0v) is 8.49. The number of rotatable bonds is 2. The van der Waals surface area contributed by atoms with Gasteiger partial charge in [0, 0.05) is 21.2 Å². The number of aliphatic hydroxyl groups is 1. The molecule has 0 saturated carbocycles. The van der Waals surface area contributed by atoms with Gasteiger partial charge in [0.1, 0.15) is 0 Å². The van der Waals surface area contributed by atoms with Crippen LogP contribution in [-0.4, -0.2) is 10.9 Å². The van der Waals surface area contributed by atoms with Crippen molar-refractivity contribution in [2.45, 2.75) is 13.5 Å². The van der Waals surface area contributed by atoms with Crippen molar-refractivity contribution in [3.05, 3.63) is 33.3 Å². The molecule has 0 radical (unpaired) electrons. The van der Waals surface area contributed by atoms with E-state index in [9.17, 15) is 4.79 Å². The van der Waals surface area contributed by atoms with Crippen LogP contribution in [-0.2, 0) is 6.61 Å². The van der Waals surface area contributed by atoms with Gasteiger partial charge in [0.15, 0.2) is 5.78 Å². The molecule has 0 atom stereocenters. The van der Waals surface area contributed by atoms with E-state index in [4.69, 9.17) is 28.3 Å². The molecule has 2 nitrogen and oxygen atoms in total. The van der Waals surface area contributed by atoms with Gasteiger partial charge in [-0.15, -0.1) is 0 Å². The van der Waals surface area contributed by atoms with Crippen molar-refractivity contribution in [1.82, 2.24) is 0 Å². The van der Waals surface area contributed by atoms with Gasteiger partial charge in [-0.05, 0) is 19.1 Å². The Morgan fingerprint density at radius 1 is 1.38 bits per heavy atom. The first-order valence-corrected chi connectivity index (χ1v) is 4.41. The number of halogens is 2. The first-order chi connectivity index (χ1) is 6.06. The highest BCUT2D eigenvalue weighted by Gasteiger charge is 2.09. The molecular weight excluding hydrogens is 211 g/mol. The molecule has 0 fully saturated rings. The van der Waals surface area contributed by atoms with Crippen LogP contribution in [0.5, 0.6) is 0 Å². The molecule has 1 rings (SSSR count). The molecule has 4 heteroatoms. The van der Waals surface area contributed by atoms with Crippen molar-refractivity contribution in [3.63, 3.8) is 0 Å². The standard InChI is InChI=1S/C9H8Cl2O2/c1-5(13)6-2-8(10)7(4-12)9(11)3-6/h2-3,12H,4H2,1H3. The maximum atomic E-state index is 11.0. The van der Waals surface area contributed by atoms with Gasteiger partial charge in [-0.1, -0.05) is 23.2 Å². The van der Waals surface area contributed by atoms with E-state index >= 15 is 0 Å². The molecule has 0 bridgehead atoms. The lowest BCUT2D eigenvalue weighted by molar-refractivity contribution is 0.101. The third-order valence-corrected chi connectivity index (χ3v) is 2.38. The van der Waals surface area contributed by atoms with Gasteiger partial charge in [-0.25, -0.2) is 0 Å². The second kappa shape index (κ2) is 4.09. The molecule has 0 unspecified atom stereocenters. The third-order valence-electron chi connectivity index (χ3n) is 1.71. The zero-order valence-electron chi connectivity index (χ0n) is 6.97. The van der Waals surface area contributed by atoms with E-state index in [0.717, 1.165) is 0 Å². The Labute approximate surface area is 86.1 Å². The number of ketones is 1. The van der Waals surface area contributed by atoms with E-state index in [1.54, 1.807) is 0 Å².